The number of nitrogens with one attached hydrogen (secondary N) is 1. The monoisotopic (exact) mass is 506 g/mol. The Labute approximate surface area is 210 Å². The Kier molecular flexibility index (Phi) is 10.8. The second-order valence-electron chi connectivity index (χ2n) is 8.55. The van der Waals surface area contributed by atoms with Crippen molar-refractivity contribution >= 4 is 29.8 Å². The third-order valence-corrected chi connectivity index (χ3v) is 5.59. The van der Waals surface area contributed by atoms with Crippen LogP contribution in [0.15, 0.2) is 12.3 Å². The summed E-state index contributed by atoms with van der Waals surface area (Å²) in [5.41, 5.74) is 0.295. The van der Waals surface area contributed by atoms with Gasteiger partial charge in [-0.2, -0.15) is 0 Å². The molecular weight excluding hydrogens is 472 g/mol. The van der Waals surface area contributed by atoms with E-state index < -0.39 is 60.6 Å². The number of hydrogen-bond acceptors (Lipinski definition) is 10. The van der Waals surface area contributed by atoms with Crippen LogP contribution in [0.5, 0.6) is 5.75 Å². The van der Waals surface area contributed by atoms with E-state index in [4.69, 9.17) is 18.9 Å². The average Bonchev–Trinajstić information content (AvgIpc) is 2.85. The summed E-state index contributed by atoms with van der Waals surface area (Å²) in [6.07, 6.45) is 1.05. The molecule has 36 heavy (non-hydrogen) atoms. The minimum atomic E-state index is -1.37. The lowest BCUT2D eigenvalue weighted by atomic mass is 9.95. The Morgan fingerprint density at radius 1 is 1.08 bits per heavy atom. The first-order valence-electron chi connectivity index (χ1n) is 12.2. The summed E-state index contributed by atoms with van der Waals surface area (Å²) < 4.78 is 21.6. The highest BCUT2D eigenvalue weighted by Gasteiger charge is 2.41. The van der Waals surface area contributed by atoms with Gasteiger partial charge in [0.25, 0.3) is 5.91 Å². The van der Waals surface area contributed by atoms with Gasteiger partial charge in [-0.25, -0.2) is 9.78 Å². The van der Waals surface area contributed by atoms with Gasteiger partial charge >= 0.3 is 23.9 Å². The molecule has 198 valence electrons. The largest absolute Gasteiger partial charge is 0.463 e. The summed E-state index contributed by atoms with van der Waals surface area (Å²) in [6, 6.07) is 0.210. The Hall–Kier alpha value is -3.50. The zero-order valence-electron chi connectivity index (χ0n) is 21.3. The number of carbonyl (C=O) groups is 5. The molecule has 0 bridgehead atoms. The lowest BCUT2D eigenvalue weighted by Gasteiger charge is -2.28. The first-order valence-corrected chi connectivity index (χ1v) is 12.2. The van der Waals surface area contributed by atoms with Gasteiger partial charge in [-0.05, 0) is 44.7 Å². The predicted octanol–water partition coefficient (Wildman–Crippen LogP) is 2.42. The van der Waals surface area contributed by atoms with E-state index in [-0.39, 0.29) is 30.7 Å². The highest BCUT2D eigenvalue weighted by Crippen LogP contribution is 2.24. The molecule has 11 nitrogen and oxygen atoms in total. The van der Waals surface area contributed by atoms with Gasteiger partial charge in [-0.15, -0.1) is 0 Å². The number of aryl methyl sites for hydroxylation is 1. The number of ether oxygens (including phenoxy) is 4. The Morgan fingerprint density at radius 3 is 2.39 bits per heavy atom. The summed E-state index contributed by atoms with van der Waals surface area (Å²) >= 11 is 0. The van der Waals surface area contributed by atoms with E-state index in [0.717, 1.165) is 0 Å². The number of carbonyl (C=O) groups excluding carboxylic acids is 5. The predicted molar refractivity (Wildman–Crippen MR) is 126 cm³/mol. The molecule has 4 atom stereocenters. The number of esters is 4. The molecule has 1 saturated heterocycles. The molecule has 4 unspecified atom stereocenters. The molecule has 2 heterocycles. The summed E-state index contributed by atoms with van der Waals surface area (Å²) in [5, 5.41) is 2.45. The Morgan fingerprint density at radius 2 is 1.75 bits per heavy atom. The fourth-order valence-electron chi connectivity index (χ4n) is 3.66. The molecule has 1 aromatic rings. The standard InChI is InChI=1S/C25H34N2O9/c1-6-9-18(28)35-21-14(4)11-12-26-20(21)23(30)27-17-13-33-24(31)16(8-3)22(15(5)34-25(17)32)36-19(29)10-7-2/h11-12,15-17,22H,6-10,13H2,1-5H3,(H,27,30). The maximum atomic E-state index is 13.0. The van der Waals surface area contributed by atoms with Crippen LogP contribution in [0, 0.1) is 12.8 Å². The molecule has 1 amide bonds. The molecule has 1 aliphatic rings. The van der Waals surface area contributed by atoms with Crippen LogP contribution in [0.4, 0.5) is 0 Å². The minimum absolute atomic E-state index is 0.0239. The second-order valence-corrected chi connectivity index (χ2v) is 8.55. The number of cyclic esters (lactones) is 2. The average molecular weight is 507 g/mol. The van der Waals surface area contributed by atoms with Crippen molar-refractivity contribution in [1.29, 1.82) is 0 Å². The number of rotatable bonds is 9. The van der Waals surface area contributed by atoms with E-state index in [9.17, 15) is 24.0 Å². The molecule has 1 aliphatic heterocycles. The lowest BCUT2D eigenvalue weighted by Crippen LogP contribution is -2.46. The van der Waals surface area contributed by atoms with E-state index in [2.05, 4.69) is 10.3 Å². The van der Waals surface area contributed by atoms with Gasteiger partial charge in [0.15, 0.2) is 23.6 Å². The molecule has 0 aromatic carbocycles. The highest BCUT2D eigenvalue weighted by atomic mass is 16.6. The number of amides is 1. The van der Waals surface area contributed by atoms with Crippen LogP contribution in [-0.4, -0.2) is 59.6 Å². The minimum Gasteiger partial charge on any atom is -0.463 e. The molecule has 0 aliphatic carbocycles. The molecule has 1 fully saturated rings. The maximum absolute atomic E-state index is 13.0. The molecule has 0 spiro atoms. The van der Waals surface area contributed by atoms with Crippen molar-refractivity contribution in [2.45, 2.75) is 85.0 Å². The van der Waals surface area contributed by atoms with Crippen molar-refractivity contribution in [3.05, 3.63) is 23.5 Å². The van der Waals surface area contributed by atoms with Crippen molar-refractivity contribution in [2.75, 3.05) is 6.61 Å². The first kappa shape index (κ1) is 28.7. The summed E-state index contributed by atoms with van der Waals surface area (Å²) in [4.78, 5) is 66.9. The molecule has 1 aromatic heterocycles. The van der Waals surface area contributed by atoms with E-state index in [1.807, 2.05) is 13.8 Å². The molecule has 2 rings (SSSR count). The molecular formula is C25H34N2O9. The van der Waals surface area contributed by atoms with E-state index in [1.54, 1.807) is 19.9 Å². The van der Waals surface area contributed by atoms with E-state index in [1.165, 1.54) is 13.1 Å². The number of aromatic nitrogens is 1. The van der Waals surface area contributed by atoms with Crippen LogP contribution < -0.4 is 10.1 Å². The van der Waals surface area contributed by atoms with Gasteiger partial charge in [0, 0.05) is 19.0 Å². The fraction of sp³-hybridized carbons (Fsp3) is 0.600. The van der Waals surface area contributed by atoms with Gasteiger partial charge in [0.2, 0.25) is 0 Å². The number of pyridine rings is 1. The molecule has 1 N–H and O–H groups in total. The van der Waals surface area contributed by atoms with Gasteiger partial charge in [0.05, 0.1) is 5.92 Å². The Balaban J connectivity index is 2.26. The number of hydrogen-bond donors (Lipinski definition) is 1. The van der Waals surface area contributed by atoms with Crippen LogP contribution in [0.2, 0.25) is 0 Å². The van der Waals surface area contributed by atoms with Crippen LogP contribution >= 0.6 is 0 Å². The van der Waals surface area contributed by atoms with Crippen molar-refractivity contribution in [2.24, 2.45) is 5.92 Å². The fourth-order valence-corrected chi connectivity index (χ4v) is 3.66. The maximum Gasteiger partial charge on any atom is 0.332 e. The summed E-state index contributed by atoms with van der Waals surface area (Å²) in [7, 11) is 0. The molecule has 0 radical (unpaired) electrons. The normalized spacial score (nSPS) is 22.2. The van der Waals surface area contributed by atoms with Crippen molar-refractivity contribution in [3.8, 4) is 5.75 Å². The summed E-state index contributed by atoms with van der Waals surface area (Å²) in [5.74, 6) is -4.30. The van der Waals surface area contributed by atoms with Crippen LogP contribution in [0.1, 0.15) is 75.9 Å². The third-order valence-electron chi connectivity index (χ3n) is 5.59. The van der Waals surface area contributed by atoms with Gasteiger partial charge < -0.3 is 24.3 Å². The zero-order valence-corrected chi connectivity index (χ0v) is 21.3. The molecule has 0 saturated carbocycles. The topological polar surface area (TPSA) is 147 Å². The smallest absolute Gasteiger partial charge is 0.332 e. The Bertz CT molecular complexity index is 978. The zero-order chi connectivity index (χ0) is 26.8. The van der Waals surface area contributed by atoms with Crippen LogP contribution in [0.3, 0.4) is 0 Å². The summed E-state index contributed by atoms with van der Waals surface area (Å²) in [6.45, 7) is 8.01. The van der Waals surface area contributed by atoms with Crippen molar-refractivity contribution < 1.29 is 42.9 Å². The highest BCUT2D eigenvalue weighted by molar-refractivity contribution is 5.98. The molecule has 11 heteroatoms. The quantitative estimate of drug-likeness (QED) is 0.391. The lowest BCUT2D eigenvalue weighted by molar-refractivity contribution is -0.174. The van der Waals surface area contributed by atoms with E-state index >= 15 is 0 Å². The van der Waals surface area contributed by atoms with E-state index in [0.29, 0.717) is 18.4 Å². The van der Waals surface area contributed by atoms with Crippen LogP contribution in [-0.2, 0) is 33.4 Å². The second kappa shape index (κ2) is 13.6. The van der Waals surface area contributed by atoms with Gasteiger partial charge in [-0.3, -0.25) is 19.2 Å². The van der Waals surface area contributed by atoms with Crippen LogP contribution in [0.25, 0.3) is 0 Å². The van der Waals surface area contributed by atoms with Crippen molar-refractivity contribution in [3.63, 3.8) is 0 Å². The third kappa shape index (κ3) is 7.50. The SMILES string of the molecule is CCCC(=O)Oc1c(C)ccnc1C(=O)NC1COC(=O)C(CC)C(OC(=O)CCC)C(C)OC1=O. The van der Waals surface area contributed by atoms with Gasteiger partial charge in [0.1, 0.15) is 12.7 Å². The number of nitrogens with zero attached hydrogens (tertiary/aromatic N) is 1. The van der Waals surface area contributed by atoms with Gasteiger partial charge in [-0.1, -0.05) is 20.8 Å². The first-order chi connectivity index (χ1) is 17.1. The van der Waals surface area contributed by atoms with Crippen molar-refractivity contribution in [1.82, 2.24) is 10.3 Å².